The minimum absolute atomic E-state index is 0.0352. The Morgan fingerprint density at radius 1 is 1.29 bits per heavy atom. The van der Waals surface area contributed by atoms with Crippen LogP contribution in [0.5, 0.6) is 0 Å². The number of ether oxygens (including phenoxy) is 1. The van der Waals surface area contributed by atoms with Crippen LogP contribution in [-0.2, 0) is 22.6 Å². The second kappa shape index (κ2) is 10.3. The van der Waals surface area contributed by atoms with E-state index in [9.17, 15) is 19.7 Å². The molecule has 0 radical (unpaired) electrons. The fourth-order valence-electron chi connectivity index (χ4n) is 3.38. The largest absolute Gasteiger partial charge is 0.445 e. The Balaban J connectivity index is 1.56. The van der Waals surface area contributed by atoms with Gasteiger partial charge < -0.3 is 9.64 Å². The van der Waals surface area contributed by atoms with E-state index in [0.717, 1.165) is 5.69 Å². The number of hydrogen-bond acceptors (Lipinski definition) is 7. The number of likely N-dealkylation sites (N-methyl/N-ethyl adjacent to an activating group) is 1. The normalized spacial score (nSPS) is 17.9. The van der Waals surface area contributed by atoms with Gasteiger partial charge in [0.2, 0.25) is 5.91 Å². The zero-order chi connectivity index (χ0) is 22.4. The number of thiol groups is 1. The van der Waals surface area contributed by atoms with Crippen molar-refractivity contribution < 1.29 is 19.2 Å². The maximum atomic E-state index is 13.0. The first-order valence-electron chi connectivity index (χ1n) is 9.85. The SMILES string of the molecule is CN(CCc1ccccn1)C(=O)[C@@H]1C[C@H](S)CN1C(=O)OCc1ccc([N+](=O)[O-])cc1. The molecule has 2 heterocycles. The van der Waals surface area contributed by atoms with Gasteiger partial charge in [0.15, 0.2) is 0 Å². The van der Waals surface area contributed by atoms with Crippen molar-refractivity contribution >= 4 is 30.3 Å². The number of carbonyl (C=O) groups is 2. The first-order valence-corrected chi connectivity index (χ1v) is 10.4. The molecule has 31 heavy (non-hydrogen) atoms. The molecule has 0 saturated carbocycles. The van der Waals surface area contributed by atoms with Crippen LogP contribution >= 0.6 is 12.6 Å². The van der Waals surface area contributed by atoms with Crippen molar-refractivity contribution in [1.82, 2.24) is 14.8 Å². The summed E-state index contributed by atoms with van der Waals surface area (Å²) >= 11 is 4.45. The molecule has 1 aliphatic rings. The Hall–Kier alpha value is -3.14. The van der Waals surface area contributed by atoms with E-state index >= 15 is 0 Å². The monoisotopic (exact) mass is 444 g/mol. The van der Waals surface area contributed by atoms with Crippen molar-refractivity contribution in [3.8, 4) is 0 Å². The number of nitrogens with zero attached hydrogens (tertiary/aromatic N) is 4. The van der Waals surface area contributed by atoms with Gasteiger partial charge in [0, 0.05) is 55.8 Å². The Bertz CT molecular complexity index is 925. The summed E-state index contributed by atoms with van der Waals surface area (Å²) in [5.41, 5.74) is 1.47. The number of nitro groups is 1. The van der Waals surface area contributed by atoms with Crippen LogP contribution in [0.3, 0.4) is 0 Å². The highest BCUT2D eigenvalue weighted by Gasteiger charge is 2.40. The third-order valence-corrected chi connectivity index (χ3v) is 5.49. The first kappa shape index (κ1) is 22.5. The topological polar surface area (TPSA) is 106 Å². The lowest BCUT2D eigenvalue weighted by Crippen LogP contribution is -2.47. The average molecular weight is 445 g/mol. The summed E-state index contributed by atoms with van der Waals surface area (Å²) in [5, 5.41) is 10.6. The molecule has 1 aromatic carbocycles. The second-order valence-corrected chi connectivity index (χ2v) is 8.10. The third kappa shape index (κ3) is 5.94. The molecule has 0 unspecified atom stereocenters. The van der Waals surface area contributed by atoms with Crippen LogP contribution in [0.2, 0.25) is 0 Å². The van der Waals surface area contributed by atoms with Crippen molar-refractivity contribution in [3.05, 3.63) is 70.0 Å². The minimum atomic E-state index is -0.638. The van der Waals surface area contributed by atoms with Gasteiger partial charge in [-0.15, -0.1) is 0 Å². The maximum absolute atomic E-state index is 13.0. The van der Waals surface area contributed by atoms with Crippen LogP contribution in [0.4, 0.5) is 10.5 Å². The Morgan fingerprint density at radius 2 is 2.03 bits per heavy atom. The molecule has 3 rings (SSSR count). The molecule has 2 amide bonds. The molecule has 164 valence electrons. The second-order valence-electron chi connectivity index (χ2n) is 7.37. The lowest BCUT2D eigenvalue weighted by Gasteiger charge is -2.27. The van der Waals surface area contributed by atoms with Crippen LogP contribution in [0.25, 0.3) is 0 Å². The quantitative estimate of drug-likeness (QED) is 0.400. The number of rotatable bonds is 7. The molecule has 2 aromatic rings. The van der Waals surface area contributed by atoms with Crippen LogP contribution in [0, 0.1) is 10.1 Å². The van der Waals surface area contributed by atoms with Crippen LogP contribution < -0.4 is 0 Å². The van der Waals surface area contributed by atoms with Gasteiger partial charge in [-0.1, -0.05) is 6.07 Å². The molecular formula is C21H24N4O5S. The van der Waals surface area contributed by atoms with Crippen LogP contribution in [0.15, 0.2) is 48.7 Å². The molecule has 2 atom stereocenters. The third-order valence-electron chi connectivity index (χ3n) is 5.11. The molecule has 1 saturated heterocycles. The number of likely N-dealkylation sites (tertiary alicyclic amines) is 1. The summed E-state index contributed by atoms with van der Waals surface area (Å²) in [6, 6.07) is 10.8. The lowest BCUT2D eigenvalue weighted by atomic mass is 10.2. The number of nitro benzene ring substituents is 1. The number of benzene rings is 1. The van der Waals surface area contributed by atoms with Crippen molar-refractivity contribution in [2.24, 2.45) is 0 Å². The predicted octanol–water partition coefficient (Wildman–Crippen LogP) is 2.70. The Labute approximate surface area is 185 Å². The molecular weight excluding hydrogens is 420 g/mol. The number of non-ortho nitro benzene ring substituents is 1. The van der Waals surface area contributed by atoms with Gasteiger partial charge in [0.05, 0.1) is 4.92 Å². The summed E-state index contributed by atoms with van der Waals surface area (Å²) in [5.74, 6) is -0.167. The molecule has 9 nitrogen and oxygen atoms in total. The average Bonchev–Trinajstić information content (AvgIpc) is 3.18. The van der Waals surface area contributed by atoms with Crippen molar-refractivity contribution in [2.75, 3.05) is 20.1 Å². The summed E-state index contributed by atoms with van der Waals surface area (Å²) in [4.78, 5) is 43.1. The van der Waals surface area contributed by atoms with Gasteiger partial charge in [0.25, 0.3) is 5.69 Å². The summed E-state index contributed by atoms with van der Waals surface area (Å²) in [7, 11) is 1.71. The fourth-order valence-corrected chi connectivity index (χ4v) is 3.76. The van der Waals surface area contributed by atoms with E-state index in [1.54, 1.807) is 18.1 Å². The van der Waals surface area contributed by atoms with E-state index in [4.69, 9.17) is 4.74 Å². The molecule has 0 spiro atoms. The molecule has 1 aliphatic heterocycles. The predicted molar refractivity (Wildman–Crippen MR) is 117 cm³/mol. The van der Waals surface area contributed by atoms with Gasteiger partial charge in [-0.3, -0.25) is 24.8 Å². The first-order chi connectivity index (χ1) is 14.8. The smallest absolute Gasteiger partial charge is 0.410 e. The van der Waals surface area contributed by atoms with Gasteiger partial charge in [-0.2, -0.15) is 12.6 Å². The van der Waals surface area contributed by atoms with E-state index < -0.39 is 17.1 Å². The molecule has 0 aliphatic carbocycles. The number of carbonyl (C=O) groups excluding carboxylic acids is 2. The number of hydrogen-bond donors (Lipinski definition) is 1. The zero-order valence-electron chi connectivity index (χ0n) is 17.1. The van der Waals surface area contributed by atoms with Gasteiger partial charge in [-0.25, -0.2) is 4.79 Å². The molecule has 1 fully saturated rings. The number of pyridine rings is 1. The highest BCUT2D eigenvalue weighted by Crippen LogP contribution is 2.25. The number of aromatic nitrogens is 1. The lowest BCUT2D eigenvalue weighted by molar-refractivity contribution is -0.384. The van der Waals surface area contributed by atoms with Crippen molar-refractivity contribution in [2.45, 2.75) is 30.7 Å². The molecule has 10 heteroatoms. The summed E-state index contributed by atoms with van der Waals surface area (Å²) < 4.78 is 5.35. The Kier molecular flexibility index (Phi) is 7.45. The molecule has 1 aromatic heterocycles. The van der Waals surface area contributed by atoms with Crippen LogP contribution in [-0.4, -0.2) is 63.1 Å². The van der Waals surface area contributed by atoms with E-state index in [2.05, 4.69) is 17.6 Å². The zero-order valence-corrected chi connectivity index (χ0v) is 18.0. The van der Waals surface area contributed by atoms with Crippen LogP contribution in [0.1, 0.15) is 17.7 Å². The van der Waals surface area contributed by atoms with Gasteiger partial charge >= 0.3 is 6.09 Å². The molecule has 0 N–H and O–H groups in total. The fraction of sp³-hybridized carbons (Fsp3) is 0.381. The minimum Gasteiger partial charge on any atom is -0.445 e. The van der Waals surface area contributed by atoms with E-state index in [1.165, 1.54) is 29.2 Å². The number of amides is 2. The van der Waals surface area contributed by atoms with Gasteiger partial charge in [0.1, 0.15) is 12.6 Å². The highest BCUT2D eigenvalue weighted by molar-refractivity contribution is 7.81. The highest BCUT2D eigenvalue weighted by atomic mass is 32.1. The molecule has 0 bridgehead atoms. The maximum Gasteiger partial charge on any atom is 0.410 e. The van der Waals surface area contributed by atoms with E-state index in [0.29, 0.717) is 31.5 Å². The van der Waals surface area contributed by atoms with Crippen molar-refractivity contribution in [1.29, 1.82) is 0 Å². The standard InChI is InChI=1S/C21H24N4O5S/c1-23(11-9-16-4-2-3-10-22-16)20(26)19-12-18(31)13-24(19)21(27)30-14-15-5-7-17(8-6-15)25(28)29/h2-8,10,18-19,31H,9,11-14H2,1H3/t18-,19-/m0/s1. The van der Waals surface area contributed by atoms with Crippen molar-refractivity contribution in [3.63, 3.8) is 0 Å². The van der Waals surface area contributed by atoms with E-state index in [1.807, 2.05) is 18.2 Å². The summed E-state index contributed by atoms with van der Waals surface area (Å²) in [6.45, 7) is 0.753. The summed E-state index contributed by atoms with van der Waals surface area (Å²) in [6.07, 6.45) is 2.17. The Morgan fingerprint density at radius 3 is 2.68 bits per heavy atom. The van der Waals surface area contributed by atoms with Gasteiger partial charge in [-0.05, 0) is 36.2 Å². The van der Waals surface area contributed by atoms with E-state index in [-0.39, 0.29) is 23.5 Å².